The first kappa shape index (κ1) is 19.1. The number of carbonyl (C=O) groups excluding carboxylic acids is 1. The molecule has 1 fully saturated rings. The van der Waals surface area contributed by atoms with Crippen LogP contribution in [0.15, 0.2) is 59.4 Å². The molecule has 1 amide bonds. The second-order valence-corrected chi connectivity index (χ2v) is 6.94. The Morgan fingerprint density at radius 1 is 1.28 bits per heavy atom. The van der Waals surface area contributed by atoms with Gasteiger partial charge < -0.3 is 19.4 Å². The van der Waals surface area contributed by atoms with Gasteiger partial charge in [-0.1, -0.05) is 6.07 Å². The number of rotatable bonds is 6. The predicted molar refractivity (Wildman–Crippen MR) is 108 cm³/mol. The monoisotopic (exact) mass is 392 g/mol. The fourth-order valence-corrected chi connectivity index (χ4v) is 3.55. The van der Waals surface area contributed by atoms with Crippen molar-refractivity contribution < 1.29 is 13.9 Å². The SMILES string of the molecule is COc1ccc(-c2cnc(CCC(=O)N3CCNCC3c3cccnc3)o2)cc1. The zero-order valence-electron chi connectivity index (χ0n) is 16.4. The Kier molecular flexibility index (Phi) is 5.86. The van der Waals surface area contributed by atoms with E-state index in [0.717, 1.165) is 30.0 Å². The lowest BCUT2D eigenvalue weighted by molar-refractivity contribution is -0.134. The summed E-state index contributed by atoms with van der Waals surface area (Å²) in [5.74, 6) is 2.14. The minimum atomic E-state index is 0.00405. The van der Waals surface area contributed by atoms with E-state index in [4.69, 9.17) is 9.15 Å². The molecule has 1 unspecified atom stereocenters. The molecule has 1 aromatic carbocycles. The van der Waals surface area contributed by atoms with Crippen LogP contribution < -0.4 is 10.1 Å². The molecule has 3 aromatic rings. The average Bonchev–Trinajstić information content (AvgIpc) is 3.27. The van der Waals surface area contributed by atoms with Crippen molar-refractivity contribution >= 4 is 5.91 Å². The van der Waals surface area contributed by atoms with Gasteiger partial charge >= 0.3 is 0 Å². The first-order valence-electron chi connectivity index (χ1n) is 9.74. The highest BCUT2D eigenvalue weighted by Gasteiger charge is 2.27. The molecule has 150 valence electrons. The second-order valence-electron chi connectivity index (χ2n) is 6.94. The molecule has 0 spiro atoms. The third-order valence-electron chi connectivity index (χ3n) is 5.11. The van der Waals surface area contributed by atoms with Crippen LogP contribution in [0.25, 0.3) is 11.3 Å². The number of nitrogens with zero attached hydrogens (tertiary/aromatic N) is 3. The Bertz CT molecular complexity index is 940. The van der Waals surface area contributed by atoms with Crippen molar-refractivity contribution in [2.75, 3.05) is 26.7 Å². The maximum absolute atomic E-state index is 12.9. The van der Waals surface area contributed by atoms with E-state index in [1.807, 2.05) is 47.5 Å². The van der Waals surface area contributed by atoms with Crippen LogP contribution in [-0.4, -0.2) is 47.5 Å². The third-order valence-corrected chi connectivity index (χ3v) is 5.11. The molecule has 0 bridgehead atoms. The molecular weight excluding hydrogens is 368 g/mol. The maximum Gasteiger partial charge on any atom is 0.223 e. The molecule has 1 saturated heterocycles. The van der Waals surface area contributed by atoms with Gasteiger partial charge in [0.1, 0.15) is 5.75 Å². The van der Waals surface area contributed by atoms with E-state index in [1.54, 1.807) is 19.5 Å². The second kappa shape index (κ2) is 8.87. The summed E-state index contributed by atoms with van der Waals surface area (Å²) in [6.45, 7) is 2.21. The third kappa shape index (κ3) is 4.46. The number of piperazine rings is 1. The minimum Gasteiger partial charge on any atom is -0.497 e. The van der Waals surface area contributed by atoms with Crippen molar-refractivity contribution in [3.63, 3.8) is 0 Å². The smallest absolute Gasteiger partial charge is 0.223 e. The van der Waals surface area contributed by atoms with Crippen molar-refractivity contribution in [2.45, 2.75) is 18.9 Å². The van der Waals surface area contributed by atoms with E-state index in [9.17, 15) is 4.79 Å². The highest BCUT2D eigenvalue weighted by molar-refractivity contribution is 5.77. The number of aromatic nitrogens is 2. The number of amides is 1. The summed E-state index contributed by atoms with van der Waals surface area (Å²) in [4.78, 5) is 23.4. The van der Waals surface area contributed by atoms with E-state index in [2.05, 4.69) is 15.3 Å². The highest BCUT2D eigenvalue weighted by Crippen LogP contribution is 2.25. The average molecular weight is 392 g/mol. The zero-order chi connectivity index (χ0) is 20.1. The Balaban J connectivity index is 1.39. The van der Waals surface area contributed by atoms with Gasteiger partial charge in [0, 0.05) is 50.4 Å². The maximum atomic E-state index is 12.9. The molecule has 4 rings (SSSR count). The van der Waals surface area contributed by atoms with Gasteiger partial charge in [-0.15, -0.1) is 0 Å². The molecule has 7 nitrogen and oxygen atoms in total. The first-order valence-corrected chi connectivity index (χ1v) is 9.74. The summed E-state index contributed by atoms with van der Waals surface area (Å²) in [5, 5.41) is 3.36. The Hall–Kier alpha value is -3.19. The molecule has 1 N–H and O–H groups in total. The van der Waals surface area contributed by atoms with Crippen molar-refractivity contribution in [2.24, 2.45) is 0 Å². The van der Waals surface area contributed by atoms with Crippen LogP contribution in [0.1, 0.15) is 23.9 Å². The van der Waals surface area contributed by atoms with Crippen molar-refractivity contribution in [1.82, 2.24) is 20.2 Å². The Labute approximate surface area is 169 Å². The van der Waals surface area contributed by atoms with E-state index in [1.165, 1.54) is 0 Å². The number of methoxy groups -OCH3 is 1. The van der Waals surface area contributed by atoms with Crippen LogP contribution in [-0.2, 0) is 11.2 Å². The molecule has 1 atom stereocenters. The molecule has 0 radical (unpaired) electrons. The van der Waals surface area contributed by atoms with Crippen LogP contribution in [0.2, 0.25) is 0 Å². The summed E-state index contributed by atoms with van der Waals surface area (Å²) >= 11 is 0. The Morgan fingerprint density at radius 3 is 2.90 bits per heavy atom. The van der Waals surface area contributed by atoms with Crippen LogP contribution >= 0.6 is 0 Å². The van der Waals surface area contributed by atoms with Crippen LogP contribution in [0, 0.1) is 0 Å². The number of ether oxygens (including phenoxy) is 1. The normalized spacial score (nSPS) is 16.6. The Morgan fingerprint density at radius 2 is 2.14 bits per heavy atom. The van der Waals surface area contributed by atoms with E-state index >= 15 is 0 Å². The van der Waals surface area contributed by atoms with E-state index in [0.29, 0.717) is 31.0 Å². The van der Waals surface area contributed by atoms with Crippen molar-refractivity contribution in [1.29, 1.82) is 0 Å². The summed E-state index contributed by atoms with van der Waals surface area (Å²) in [6, 6.07) is 11.5. The number of pyridine rings is 1. The first-order chi connectivity index (χ1) is 14.2. The van der Waals surface area contributed by atoms with Gasteiger partial charge in [-0.3, -0.25) is 9.78 Å². The number of hydrogen-bond acceptors (Lipinski definition) is 6. The molecule has 3 heterocycles. The van der Waals surface area contributed by atoms with Gasteiger partial charge in [-0.25, -0.2) is 4.98 Å². The van der Waals surface area contributed by atoms with Crippen molar-refractivity contribution in [3.05, 3.63) is 66.4 Å². The summed E-state index contributed by atoms with van der Waals surface area (Å²) in [6.07, 6.45) is 6.10. The number of carbonyl (C=O) groups is 1. The largest absolute Gasteiger partial charge is 0.497 e. The van der Waals surface area contributed by atoms with Gasteiger partial charge in [-0.05, 0) is 35.9 Å². The topological polar surface area (TPSA) is 80.5 Å². The van der Waals surface area contributed by atoms with Gasteiger partial charge in [0.15, 0.2) is 11.7 Å². The number of oxazole rings is 1. The molecule has 1 aliphatic rings. The van der Waals surface area contributed by atoms with Crippen LogP contribution in [0.3, 0.4) is 0 Å². The number of aryl methyl sites for hydroxylation is 1. The zero-order valence-corrected chi connectivity index (χ0v) is 16.4. The summed E-state index contributed by atoms with van der Waals surface area (Å²) in [7, 11) is 1.63. The van der Waals surface area contributed by atoms with Gasteiger partial charge in [0.2, 0.25) is 5.91 Å². The lowest BCUT2D eigenvalue weighted by atomic mass is 10.0. The van der Waals surface area contributed by atoms with Gasteiger partial charge in [-0.2, -0.15) is 0 Å². The molecule has 7 heteroatoms. The van der Waals surface area contributed by atoms with Gasteiger partial charge in [0.05, 0.1) is 19.3 Å². The molecule has 0 saturated carbocycles. The van der Waals surface area contributed by atoms with Crippen LogP contribution in [0.5, 0.6) is 5.75 Å². The molecule has 1 aliphatic heterocycles. The number of hydrogen-bond donors (Lipinski definition) is 1. The quantitative estimate of drug-likeness (QED) is 0.695. The highest BCUT2D eigenvalue weighted by atomic mass is 16.5. The fourth-order valence-electron chi connectivity index (χ4n) is 3.55. The molecular formula is C22H24N4O3. The minimum absolute atomic E-state index is 0.00405. The van der Waals surface area contributed by atoms with E-state index < -0.39 is 0 Å². The number of nitrogens with one attached hydrogen (secondary N) is 1. The van der Waals surface area contributed by atoms with Crippen molar-refractivity contribution in [3.8, 4) is 17.1 Å². The predicted octanol–water partition coefficient (Wildman–Crippen LogP) is 2.85. The molecule has 0 aliphatic carbocycles. The lowest BCUT2D eigenvalue weighted by Crippen LogP contribution is -2.48. The number of benzene rings is 1. The molecule has 2 aromatic heterocycles. The lowest BCUT2D eigenvalue weighted by Gasteiger charge is -2.36. The van der Waals surface area contributed by atoms with E-state index in [-0.39, 0.29) is 11.9 Å². The fraction of sp³-hybridized carbons (Fsp3) is 0.318. The molecule has 29 heavy (non-hydrogen) atoms. The van der Waals surface area contributed by atoms with Crippen LogP contribution in [0.4, 0.5) is 0 Å². The summed E-state index contributed by atoms with van der Waals surface area (Å²) < 4.78 is 11.0. The summed E-state index contributed by atoms with van der Waals surface area (Å²) in [5.41, 5.74) is 1.97. The van der Waals surface area contributed by atoms with Gasteiger partial charge in [0.25, 0.3) is 0 Å². The standard InChI is InChI=1S/C22H24N4O3/c1-28-18-6-4-16(5-7-18)20-15-25-21(29-20)8-9-22(27)26-12-11-24-14-19(26)17-3-2-10-23-13-17/h2-7,10,13,15,19,24H,8-9,11-12,14H2,1H3.